The van der Waals surface area contributed by atoms with Crippen molar-refractivity contribution in [3.63, 3.8) is 0 Å². The number of nitrogens with zero attached hydrogens (tertiary/aromatic N) is 1. The molecule has 5 rings (SSSR count). The number of thiocarbonyl (C=S) groups is 1. The molecule has 0 bridgehead atoms. The Morgan fingerprint density at radius 2 is 1.59 bits per heavy atom. The number of rotatable bonds is 5. The Kier molecular flexibility index (Phi) is 6.50. The van der Waals surface area contributed by atoms with Crippen molar-refractivity contribution in [3.8, 4) is 23.0 Å². The standard InChI is InChI=1S/C29H25N3O4S/c1-16-11-22-26(12-17(16)2)36-28(30-22)20-9-10-24(34-3)23(14-20)31-29(37)32-27(33)21-13-18-7-5-6-8-19(18)15-25(21)35-4/h5-15H,1-4H3,(H2,31,32,33,37). The van der Waals surface area contributed by atoms with E-state index in [1.165, 1.54) is 7.11 Å². The molecule has 0 fully saturated rings. The van der Waals surface area contributed by atoms with E-state index in [0.29, 0.717) is 28.6 Å². The number of aryl methyl sites for hydroxylation is 2. The van der Waals surface area contributed by atoms with Gasteiger partial charge < -0.3 is 19.2 Å². The second-order valence-corrected chi connectivity index (χ2v) is 9.05. The van der Waals surface area contributed by atoms with Crippen LogP contribution >= 0.6 is 12.2 Å². The molecule has 0 aliphatic heterocycles. The lowest BCUT2D eigenvalue weighted by Crippen LogP contribution is -2.34. The molecule has 0 radical (unpaired) electrons. The fourth-order valence-electron chi connectivity index (χ4n) is 4.13. The first-order chi connectivity index (χ1) is 17.9. The molecule has 1 heterocycles. The fourth-order valence-corrected chi connectivity index (χ4v) is 4.33. The van der Waals surface area contributed by atoms with Gasteiger partial charge in [-0.1, -0.05) is 24.3 Å². The molecule has 4 aromatic carbocycles. The molecular weight excluding hydrogens is 486 g/mol. The molecular formula is C29H25N3O4S. The van der Waals surface area contributed by atoms with Gasteiger partial charge in [-0.15, -0.1) is 0 Å². The van der Waals surface area contributed by atoms with Crippen molar-refractivity contribution in [1.82, 2.24) is 10.3 Å². The van der Waals surface area contributed by atoms with Crippen molar-refractivity contribution in [2.24, 2.45) is 0 Å². The Balaban J connectivity index is 1.40. The molecule has 7 nitrogen and oxygen atoms in total. The summed E-state index contributed by atoms with van der Waals surface area (Å²) < 4.78 is 17.0. The summed E-state index contributed by atoms with van der Waals surface area (Å²) in [6.07, 6.45) is 0. The molecule has 0 aliphatic carbocycles. The number of fused-ring (bicyclic) bond motifs is 2. The van der Waals surface area contributed by atoms with E-state index in [0.717, 1.165) is 38.6 Å². The van der Waals surface area contributed by atoms with E-state index in [1.54, 1.807) is 19.2 Å². The summed E-state index contributed by atoms with van der Waals surface area (Å²) in [6.45, 7) is 4.08. The van der Waals surface area contributed by atoms with Gasteiger partial charge in [-0.05, 0) is 90.4 Å². The van der Waals surface area contributed by atoms with Crippen LogP contribution in [0.15, 0.2) is 71.1 Å². The summed E-state index contributed by atoms with van der Waals surface area (Å²) in [6, 6.07) is 20.8. The number of nitrogens with one attached hydrogen (secondary N) is 2. The fraction of sp³-hybridized carbons (Fsp3) is 0.138. The van der Waals surface area contributed by atoms with Gasteiger partial charge in [0, 0.05) is 5.56 Å². The monoisotopic (exact) mass is 511 g/mol. The van der Waals surface area contributed by atoms with Gasteiger partial charge in [-0.3, -0.25) is 10.1 Å². The van der Waals surface area contributed by atoms with Crippen molar-refractivity contribution in [3.05, 3.63) is 83.4 Å². The van der Waals surface area contributed by atoms with E-state index < -0.39 is 0 Å². The lowest BCUT2D eigenvalue weighted by molar-refractivity contribution is 0.0975. The SMILES string of the molecule is COc1ccc(-c2nc3cc(C)c(C)cc3o2)cc1NC(=S)NC(=O)c1cc2ccccc2cc1OC. The Hall–Kier alpha value is -4.43. The maximum absolute atomic E-state index is 13.1. The average molecular weight is 512 g/mol. The minimum atomic E-state index is -0.389. The van der Waals surface area contributed by atoms with Crippen LogP contribution in [0, 0.1) is 13.8 Å². The highest BCUT2D eigenvalue weighted by molar-refractivity contribution is 7.80. The van der Waals surface area contributed by atoms with Crippen LogP contribution in [-0.2, 0) is 0 Å². The van der Waals surface area contributed by atoms with E-state index in [-0.39, 0.29) is 11.0 Å². The first kappa shape index (κ1) is 24.3. The van der Waals surface area contributed by atoms with Gasteiger partial charge in [0.05, 0.1) is 25.5 Å². The Bertz CT molecular complexity index is 1640. The number of methoxy groups -OCH3 is 2. The number of carbonyl (C=O) groups excluding carboxylic acids is 1. The summed E-state index contributed by atoms with van der Waals surface area (Å²) in [5.74, 6) is 1.09. The van der Waals surface area contributed by atoms with E-state index in [9.17, 15) is 4.79 Å². The summed E-state index contributed by atoms with van der Waals surface area (Å²) in [5, 5.41) is 7.81. The first-order valence-electron chi connectivity index (χ1n) is 11.6. The molecule has 1 aromatic heterocycles. The minimum absolute atomic E-state index is 0.111. The van der Waals surface area contributed by atoms with Crippen LogP contribution in [-0.4, -0.2) is 30.2 Å². The van der Waals surface area contributed by atoms with Crippen molar-refractivity contribution >= 4 is 50.8 Å². The van der Waals surface area contributed by atoms with Gasteiger partial charge in [0.15, 0.2) is 10.7 Å². The van der Waals surface area contributed by atoms with Crippen LogP contribution in [0.1, 0.15) is 21.5 Å². The lowest BCUT2D eigenvalue weighted by atomic mass is 10.1. The summed E-state index contributed by atoms with van der Waals surface area (Å²) in [7, 11) is 3.09. The van der Waals surface area contributed by atoms with E-state index in [4.69, 9.17) is 26.1 Å². The first-order valence-corrected chi connectivity index (χ1v) is 12.0. The number of anilines is 1. The zero-order chi connectivity index (χ0) is 26.1. The highest BCUT2D eigenvalue weighted by Crippen LogP contribution is 2.33. The molecule has 0 spiro atoms. The number of ether oxygens (including phenoxy) is 2. The van der Waals surface area contributed by atoms with Crippen LogP contribution in [0.2, 0.25) is 0 Å². The van der Waals surface area contributed by atoms with Gasteiger partial charge >= 0.3 is 0 Å². The van der Waals surface area contributed by atoms with Crippen LogP contribution < -0.4 is 20.1 Å². The number of carbonyl (C=O) groups is 1. The van der Waals surface area contributed by atoms with E-state index >= 15 is 0 Å². The maximum Gasteiger partial charge on any atom is 0.261 e. The van der Waals surface area contributed by atoms with E-state index in [1.807, 2.05) is 68.4 Å². The van der Waals surface area contributed by atoms with E-state index in [2.05, 4.69) is 15.6 Å². The molecule has 8 heteroatoms. The molecule has 0 saturated carbocycles. The van der Waals surface area contributed by atoms with Crippen molar-refractivity contribution in [2.75, 3.05) is 19.5 Å². The summed E-state index contributed by atoms with van der Waals surface area (Å²) in [5.41, 5.74) is 5.46. The van der Waals surface area contributed by atoms with Gasteiger partial charge in [0.1, 0.15) is 17.0 Å². The van der Waals surface area contributed by atoms with Gasteiger partial charge in [-0.25, -0.2) is 4.98 Å². The van der Waals surface area contributed by atoms with Gasteiger partial charge in [-0.2, -0.15) is 0 Å². The topological polar surface area (TPSA) is 85.6 Å². The van der Waals surface area contributed by atoms with Crippen LogP contribution in [0.3, 0.4) is 0 Å². The second kappa shape index (κ2) is 9.91. The van der Waals surface area contributed by atoms with Gasteiger partial charge in [0.2, 0.25) is 5.89 Å². The quantitative estimate of drug-likeness (QED) is 0.264. The molecule has 2 N–H and O–H groups in total. The largest absolute Gasteiger partial charge is 0.496 e. The molecule has 5 aromatic rings. The number of aromatic nitrogens is 1. The number of hydrogen-bond acceptors (Lipinski definition) is 6. The third kappa shape index (κ3) is 4.83. The van der Waals surface area contributed by atoms with Crippen molar-refractivity contribution in [2.45, 2.75) is 13.8 Å². The average Bonchev–Trinajstić information content (AvgIpc) is 3.30. The molecule has 1 amide bonds. The van der Waals surface area contributed by atoms with Crippen molar-refractivity contribution < 1.29 is 18.7 Å². The Morgan fingerprint density at radius 3 is 2.32 bits per heavy atom. The predicted molar refractivity (Wildman–Crippen MR) is 150 cm³/mol. The van der Waals surface area contributed by atoms with Crippen LogP contribution in [0.4, 0.5) is 5.69 Å². The second-order valence-electron chi connectivity index (χ2n) is 8.65. The highest BCUT2D eigenvalue weighted by Gasteiger charge is 2.17. The Morgan fingerprint density at radius 1 is 0.892 bits per heavy atom. The molecule has 186 valence electrons. The normalized spacial score (nSPS) is 10.9. The third-order valence-corrected chi connectivity index (χ3v) is 6.44. The zero-order valence-corrected chi connectivity index (χ0v) is 21.7. The van der Waals surface area contributed by atoms with Crippen molar-refractivity contribution in [1.29, 1.82) is 0 Å². The van der Waals surface area contributed by atoms with Crippen LogP contribution in [0.5, 0.6) is 11.5 Å². The Labute approximate surface area is 219 Å². The third-order valence-electron chi connectivity index (χ3n) is 6.24. The lowest BCUT2D eigenvalue weighted by Gasteiger charge is -2.15. The number of benzene rings is 4. The molecule has 0 unspecified atom stereocenters. The number of hydrogen-bond donors (Lipinski definition) is 2. The maximum atomic E-state index is 13.1. The smallest absolute Gasteiger partial charge is 0.261 e. The number of amides is 1. The molecule has 37 heavy (non-hydrogen) atoms. The molecule has 0 atom stereocenters. The number of oxazole rings is 1. The van der Waals surface area contributed by atoms with Gasteiger partial charge in [0.25, 0.3) is 5.91 Å². The highest BCUT2D eigenvalue weighted by atomic mass is 32.1. The van der Waals surface area contributed by atoms with Crippen LogP contribution in [0.25, 0.3) is 33.3 Å². The summed E-state index contributed by atoms with van der Waals surface area (Å²) in [4.78, 5) is 17.7. The molecule has 0 aliphatic rings. The minimum Gasteiger partial charge on any atom is -0.496 e. The molecule has 0 saturated heterocycles. The predicted octanol–water partition coefficient (Wildman–Crippen LogP) is 6.41. The summed E-state index contributed by atoms with van der Waals surface area (Å²) >= 11 is 5.46. The zero-order valence-electron chi connectivity index (χ0n) is 20.8.